The van der Waals surface area contributed by atoms with Crippen LogP contribution < -0.4 is 0 Å². The molecule has 1 aromatic carbocycles. The van der Waals surface area contributed by atoms with Gasteiger partial charge in [-0.05, 0) is 30.7 Å². The van der Waals surface area contributed by atoms with Gasteiger partial charge in [-0.3, -0.25) is 0 Å². The van der Waals surface area contributed by atoms with Gasteiger partial charge in [-0.1, -0.05) is 23.4 Å². The largest absolute Gasteiger partial charge is 0.235 e. The highest BCUT2D eigenvalue weighted by molar-refractivity contribution is 8.14. The molecule has 2 rings (SSSR count). The summed E-state index contributed by atoms with van der Waals surface area (Å²) in [5.74, 6) is 0.922. The highest BCUT2D eigenvalue weighted by Crippen LogP contribution is 2.24. The lowest BCUT2D eigenvalue weighted by Crippen LogP contribution is -1.81. The van der Waals surface area contributed by atoms with Gasteiger partial charge in [-0.2, -0.15) is 0 Å². The third-order valence-electron chi connectivity index (χ3n) is 1.86. The normalized spacial score (nSPS) is 18.0. The van der Waals surface area contributed by atoms with Crippen LogP contribution in [0.15, 0.2) is 28.2 Å². The fourth-order valence-electron chi connectivity index (χ4n) is 1.17. The monoisotopic (exact) mass is 224 g/mol. The number of aryl methyl sites for hydroxylation is 1. The predicted molar refractivity (Wildman–Crippen MR) is 64.2 cm³/mol. The molecule has 1 aliphatic heterocycles. The molecule has 1 aliphatic rings. The first kappa shape index (κ1) is 9.74. The Balaban J connectivity index is 2.33. The van der Waals surface area contributed by atoms with Gasteiger partial charge >= 0.3 is 0 Å². The maximum atomic E-state index is 5.85. The number of aliphatic imine (C=N–C) groups is 2. The quantitative estimate of drug-likeness (QED) is 0.717. The lowest BCUT2D eigenvalue weighted by molar-refractivity contribution is 1.40. The number of benzene rings is 1. The van der Waals surface area contributed by atoms with Crippen molar-refractivity contribution in [3.8, 4) is 0 Å². The first-order chi connectivity index (χ1) is 6.75. The van der Waals surface area contributed by atoms with E-state index in [2.05, 4.69) is 9.98 Å². The molecule has 72 valence electrons. The Morgan fingerprint density at radius 1 is 1.50 bits per heavy atom. The Kier molecular flexibility index (Phi) is 2.89. The molecular weight excluding hydrogens is 216 g/mol. The highest BCUT2D eigenvalue weighted by atomic mass is 35.5. The van der Waals surface area contributed by atoms with E-state index < -0.39 is 0 Å². The van der Waals surface area contributed by atoms with E-state index in [0.717, 1.165) is 27.2 Å². The maximum absolute atomic E-state index is 5.85. The van der Waals surface area contributed by atoms with E-state index in [4.69, 9.17) is 11.6 Å². The summed E-state index contributed by atoms with van der Waals surface area (Å²) >= 11 is 7.50. The van der Waals surface area contributed by atoms with E-state index >= 15 is 0 Å². The van der Waals surface area contributed by atoms with Gasteiger partial charge in [0.25, 0.3) is 0 Å². The fraction of sp³-hybridized carbons (Fsp3) is 0.200. The first-order valence-electron chi connectivity index (χ1n) is 4.26. The van der Waals surface area contributed by atoms with E-state index in [1.54, 1.807) is 11.8 Å². The second kappa shape index (κ2) is 4.15. The Morgan fingerprint density at radius 2 is 2.36 bits per heavy atom. The second-order valence-corrected chi connectivity index (χ2v) is 4.37. The molecule has 0 unspecified atom stereocenters. The third-order valence-corrected chi connectivity index (χ3v) is 2.87. The van der Waals surface area contributed by atoms with Crippen LogP contribution in [0.5, 0.6) is 0 Å². The lowest BCUT2D eigenvalue weighted by Gasteiger charge is -2.00. The van der Waals surface area contributed by atoms with Crippen LogP contribution in [0.4, 0.5) is 5.69 Å². The Labute approximate surface area is 92.1 Å². The smallest absolute Gasteiger partial charge is 0.188 e. The van der Waals surface area contributed by atoms with Crippen molar-refractivity contribution in [2.75, 3.05) is 5.75 Å². The van der Waals surface area contributed by atoms with E-state index in [0.29, 0.717) is 0 Å². The Morgan fingerprint density at radius 3 is 3.00 bits per heavy atom. The molecular formula is C10H9ClN2S. The molecule has 0 atom stereocenters. The van der Waals surface area contributed by atoms with Crippen molar-refractivity contribution >= 4 is 40.4 Å². The molecule has 14 heavy (non-hydrogen) atoms. The predicted octanol–water partition coefficient (Wildman–Crippen LogP) is 3.45. The summed E-state index contributed by atoms with van der Waals surface area (Å²) in [6.07, 6.45) is 1.87. The minimum atomic E-state index is 0.744. The molecule has 0 N–H and O–H groups in total. The second-order valence-electron chi connectivity index (χ2n) is 2.95. The van der Waals surface area contributed by atoms with Crippen molar-refractivity contribution in [3.63, 3.8) is 0 Å². The third kappa shape index (κ3) is 2.16. The van der Waals surface area contributed by atoms with Crippen molar-refractivity contribution in [1.29, 1.82) is 0 Å². The number of thioether (sulfide) groups is 1. The van der Waals surface area contributed by atoms with Crippen LogP contribution in [0.1, 0.15) is 5.56 Å². The van der Waals surface area contributed by atoms with Crippen molar-refractivity contribution in [2.45, 2.75) is 6.92 Å². The van der Waals surface area contributed by atoms with Gasteiger partial charge in [-0.25, -0.2) is 9.98 Å². The van der Waals surface area contributed by atoms with E-state index in [9.17, 15) is 0 Å². The Bertz CT molecular complexity index is 413. The molecule has 1 heterocycles. The summed E-state index contributed by atoms with van der Waals surface area (Å²) in [6.45, 7) is 1.99. The van der Waals surface area contributed by atoms with Crippen LogP contribution in [0.3, 0.4) is 0 Å². The summed E-state index contributed by atoms with van der Waals surface area (Å²) in [5, 5.41) is 1.57. The molecule has 0 amide bonds. The van der Waals surface area contributed by atoms with Gasteiger partial charge in [-0.15, -0.1) is 0 Å². The minimum absolute atomic E-state index is 0.744. The minimum Gasteiger partial charge on any atom is -0.235 e. The van der Waals surface area contributed by atoms with Crippen LogP contribution in [-0.2, 0) is 0 Å². The molecule has 0 saturated heterocycles. The van der Waals surface area contributed by atoms with Gasteiger partial charge in [0.15, 0.2) is 5.17 Å². The van der Waals surface area contributed by atoms with Gasteiger partial charge in [0, 0.05) is 17.0 Å². The van der Waals surface area contributed by atoms with Crippen LogP contribution in [0, 0.1) is 6.92 Å². The zero-order chi connectivity index (χ0) is 9.97. The standard InChI is InChI=1S/C10H9ClN2S/c1-7-6-8(11)2-3-9(7)13-10-12-4-5-14-10/h2-4,6H,5H2,1H3. The van der Waals surface area contributed by atoms with E-state index in [-0.39, 0.29) is 0 Å². The molecule has 4 heteroatoms. The number of amidine groups is 1. The van der Waals surface area contributed by atoms with Gasteiger partial charge < -0.3 is 0 Å². The Hall–Kier alpha value is -0.800. The summed E-state index contributed by atoms with van der Waals surface area (Å²) in [7, 11) is 0. The molecule has 0 radical (unpaired) electrons. The molecule has 0 saturated carbocycles. The average molecular weight is 225 g/mol. The van der Waals surface area contributed by atoms with Gasteiger partial charge in [0.1, 0.15) is 0 Å². The number of rotatable bonds is 1. The number of halogens is 1. The van der Waals surface area contributed by atoms with E-state index in [1.807, 2.05) is 31.3 Å². The zero-order valence-corrected chi connectivity index (χ0v) is 9.27. The van der Waals surface area contributed by atoms with Crippen molar-refractivity contribution < 1.29 is 0 Å². The number of hydrogen-bond acceptors (Lipinski definition) is 2. The number of hydrogen-bond donors (Lipinski definition) is 0. The zero-order valence-electron chi connectivity index (χ0n) is 7.70. The van der Waals surface area contributed by atoms with Gasteiger partial charge in [0.2, 0.25) is 0 Å². The fourth-order valence-corrected chi connectivity index (χ4v) is 2.01. The first-order valence-corrected chi connectivity index (χ1v) is 5.62. The molecule has 1 aromatic rings. The van der Waals surface area contributed by atoms with E-state index in [1.165, 1.54) is 0 Å². The summed E-state index contributed by atoms with van der Waals surface area (Å²) in [5.41, 5.74) is 2.02. The summed E-state index contributed by atoms with van der Waals surface area (Å²) in [4.78, 5) is 8.57. The molecule has 0 aromatic heterocycles. The maximum Gasteiger partial charge on any atom is 0.188 e. The van der Waals surface area contributed by atoms with Crippen molar-refractivity contribution in [2.24, 2.45) is 9.98 Å². The van der Waals surface area contributed by atoms with Crippen molar-refractivity contribution in [3.05, 3.63) is 28.8 Å². The summed E-state index contributed by atoms with van der Waals surface area (Å²) in [6, 6.07) is 5.67. The number of nitrogens with zero attached hydrogens (tertiary/aromatic N) is 2. The molecule has 2 nitrogen and oxygen atoms in total. The summed E-state index contributed by atoms with van der Waals surface area (Å²) < 4.78 is 0. The van der Waals surface area contributed by atoms with Crippen molar-refractivity contribution in [1.82, 2.24) is 0 Å². The molecule has 0 bridgehead atoms. The van der Waals surface area contributed by atoms with Crippen LogP contribution in [0.25, 0.3) is 0 Å². The molecule has 0 aliphatic carbocycles. The molecule has 0 spiro atoms. The topological polar surface area (TPSA) is 24.7 Å². The molecule has 0 fully saturated rings. The lowest BCUT2D eigenvalue weighted by atomic mass is 10.2. The van der Waals surface area contributed by atoms with Crippen LogP contribution in [0.2, 0.25) is 5.02 Å². The van der Waals surface area contributed by atoms with Crippen LogP contribution >= 0.6 is 23.4 Å². The highest BCUT2D eigenvalue weighted by Gasteiger charge is 2.04. The SMILES string of the molecule is Cc1cc(Cl)ccc1N=C1N=CCS1. The van der Waals surface area contributed by atoms with Crippen LogP contribution in [-0.4, -0.2) is 17.1 Å². The van der Waals surface area contributed by atoms with Gasteiger partial charge in [0.05, 0.1) is 5.69 Å². The average Bonchev–Trinajstić information content (AvgIpc) is 2.62.